The van der Waals surface area contributed by atoms with Crippen molar-refractivity contribution in [3.63, 3.8) is 0 Å². The van der Waals surface area contributed by atoms with Gasteiger partial charge in [0, 0.05) is 20.2 Å². The van der Waals surface area contributed by atoms with Crippen LogP contribution < -0.4 is 5.32 Å². The molecule has 1 aliphatic heterocycles. The molecule has 108 valence electrons. The average Bonchev–Trinajstić information content (AvgIpc) is 2.86. The van der Waals surface area contributed by atoms with Crippen LogP contribution in [0.1, 0.15) is 12.8 Å². The Balaban J connectivity index is 2.52. The molecule has 1 aliphatic rings. The van der Waals surface area contributed by atoms with Crippen LogP contribution in [0.3, 0.4) is 0 Å². The normalized spacial score (nSPS) is 19.9. The molecule has 0 saturated carbocycles. The third kappa shape index (κ3) is 4.40. The van der Waals surface area contributed by atoms with Crippen LogP contribution in [0.25, 0.3) is 0 Å². The van der Waals surface area contributed by atoms with E-state index in [9.17, 15) is 14.4 Å². The number of esters is 1. The molecule has 0 aromatic carbocycles. The van der Waals surface area contributed by atoms with E-state index >= 15 is 0 Å². The minimum Gasteiger partial charge on any atom is -0.480 e. The zero-order valence-electron chi connectivity index (χ0n) is 10.9. The van der Waals surface area contributed by atoms with Gasteiger partial charge in [0.15, 0.2) is 0 Å². The van der Waals surface area contributed by atoms with Gasteiger partial charge in [0.2, 0.25) is 0 Å². The molecule has 2 amide bonds. The number of urea groups is 1. The van der Waals surface area contributed by atoms with Crippen LogP contribution in [0.4, 0.5) is 4.79 Å². The highest BCUT2D eigenvalue weighted by atomic mass is 16.5. The fourth-order valence-electron chi connectivity index (χ4n) is 1.80. The number of methoxy groups -OCH3 is 2. The molecule has 8 heteroatoms. The number of carboxylic acids is 1. The van der Waals surface area contributed by atoms with Crippen LogP contribution in [-0.2, 0) is 19.1 Å². The van der Waals surface area contributed by atoms with Crippen molar-refractivity contribution in [3.8, 4) is 0 Å². The fraction of sp³-hybridized carbons (Fsp3) is 0.727. The van der Waals surface area contributed by atoms with E-state index in [4.69, 9.17) is 9.84 Å². The molecule has 1 unspecified atom stereocenters. The first-order chi connectivity index (χ1) is 8.97. The number of carbonyl (C=O) groups is 3. The van der Waals surface area contributed by atoms with Gasteiger partial charge in [-0.15, -0.1) is 0 Å². The first kappa shape index (κ1) is 15.2. The summed E-state index contributed by atoms with van der Waals surface area (Å²) >= 11 is 0. The maximum Gasteiger partial charge on any atom is 0.326 e. The quantitative estimate of drug-likeness (QED) is 0.651. The van der Waals surface area contributed by atoms with Gasteiger partial charge in [-0.2, -0.15) is 0 Å². The Morgan fingerprint density at radius 2 is 2.11 bits per heavy atom. The monoisotopic (exact) mass is 274 g/mol. The van der Waals surface area contributed by atoms with Gasteiger partial charge < -0.3 is 24.8 Å². The summed E-state index contributed by atoms with van der Waals surface area (Å²) < 4.78 is 9.50. The standard InChI is InChI=1S/C11H18N2O6/c1-18-7-3-4-13(6-7)11(17)12-8(10(15)16)5-9(14)19-2/h7-8H,3-6H2,1-2H3,(H,12,17)(H,15,16)/t7?,8-/m0/s1. The molecule has 19 heavy (non-hydrogen) atoms. The highest BCUT2D eigenvalue weighted by Gasteiger charge is 2.30. The van der Waals surface area contributed by atoms with Crippen molar-refractivity contribution in [2.75, 3.05) is 27.3 Å². The lowest BCUT2D eigenvalue weighted by molar-refractivity contribution is -0.147. The predicted molar refractivity (Wildman–Crippen MR) is 63.6 cm³/mol. The van der Waals surface area contributed by atoms with E-state index in [0.717, 1.165) is 7.11 Å². The third-order valence-electron chi connectivity index (χ3n) is 2.96. The zero-order valence-corrected chi connectivity index (χ0v) is 10.9. The Morgan fingerprint density at radius 1 is 1.42 bits per heavy atom. The van der Waals surface area contributed by atoms with E-state index in [0.29, 0.717) is 19.5 Å². The number of carboxylic acid groups (broad SMARTS) is 1. The summed E-state index contributed by atoms with van der Waals surface area (Å²) in [6.07, 6.45) is 0.271. The summed E-state index contributed by atoms with van der Waals surface area (Å²) in [5.74, 6) is -1.97. The van der Waals surface area contributed by atoms with Gasteiger partial charge in [-0.1, -0.05) is 0 Å². The Hall–Kier alpha value is -1.83. The lowest BCUT2D eigenvalue weighted by Gasteiger charge is -2.20. The largest absolute Gasteiger partial charge is 0.480 e. The summed E-state index contributed by atoms with van der Waals surface area (Å²) in [4.78, 5) is 35.3. The van der Waals surface area contributed by atoms with Gasteiger partial charge in [-0.3, -0.25) is 4.79 Å². The molecule has 0 aromatic heterocycles. The van der Waals surface area contributed by atoms with E-state index in [1.807, 2.05) is 0 Å². The van der Waals surface area contributed by atoms with Crippen molar-refractivity contribution >= 4 is 18.0 Å². The van der Waals surface area contributed by atoms with Gasteiger partial charge in [0.25, 0.3) is 0 Å². The molecule has 1 rings (SSSR count). The highest BCUT2D eigenvalue weighted by molar-refractivity contribution is 5.86. The number of carbonyl (C=O) groups excluding carboxylic acids is 2. The number of nitrogens with zero attached hydrogens (tertiary/aromatic N) is 1. The summed E-state index contributed by atoms with van der Waals surface area (Å²) in [6, 6.07) is -1.81. The van der Waals surface area contributed by atoms with Gasteiger partial charge in [-0.25, -0.2) is 9.59 Å². The molecular formula is C11H18N2O6. The maximum atomic E-state index is 11.8. The molecule has 8 nitrogen and oxygen atoms in total. The molecule has 0 radical (unpaired) electrons. The van der Waals surface area contributed by atoms with Gasteiger partial charge in [-0.05, 0) is 6.42 Å². The Morgan fingerprint density at radius 3 is 2.58 bits per heavy atom. The van der Waals surface area contributed by atoms with Crippen LogP contribution >= 0.6 is 0 Å². The Labute approximate surface area is 110 Å². The van der Waals surface area contributed by atoms with E-state index in [1.165, 1.54) is 4.90 Å². The topological polar surface area (TPSA) is 105 Å². The van der Waals surface area contributed by atoms with E-state index in [2.05, 4.69) is 10.1 Å². The van der Waals surface area contributed by atoms with Gasteiger partial charge in [0.1, 0.15) is 6.04 Å². The molecule has 0 bridgehead atoms. The SMILES string of the molecule is COC(=O)C[C@H](NC(=O)N1CCC(OC)C1)C(=O)O. The van der Waals surface area contributed by atoms with Gasteiger partial charge in [0.05, 0.1) is 19.6 Å². The molecule has 1 saturated heterocycles. The lowest BCUT2D eigenvalue weighted by Crippen LogP contribution is -2.48. The number of amides is 2. The van der Waals surface area contributed by atoms with Gasteiger partial charge >= 0.3 is 18.0 Å². The third-order valence-corrected chi connectivity index (χ3v) is 2.96. The minimum atomic E-state index is -1.29. The molecule has 2 atom stereocenters. The van der Waals surface area contributed by atoms with E-state index < -0.39 is 30.4 Å². The van der Waals surface area contributed by atoms with Crippen molar-refractivity contribution in [3.05, 3.63) is 0 Å². The maximum absolute atomic E-state index is 11.8. The predicted octanol–water partition coefficient (Wildman–Crippen LogP) is -0.567. The number of ether oxygens (including phenoxy) is 2. The van der Waals surface area contributed by atoms with Crippen molar-refractivity contribution < 1.29 is 29.0 Å². The van der Waals surface area contributed by atoms with Crippen LogP contribution in [0.5, 0.6) is 0 Å². The molecule has 0 aliphatic carbocycles. The number of hydrogen-bond donors (Lipinski definition) is 2. The molecule has 2 N–H and O–H groups in total. The smallest absolute Gasteiger partial charge is 0.326 e. The van der Waals surface area contributed by atoms with Crippen LogP contribution in [0, 0.1) is 0 Å². The van der Waals surface area contributed by atoms with Crippen molar-refractivity contribution in [1.82, 2.24) is 10.2 Å². The fourth-order valence-corrected chi connectivity index (χ4v) is 1.80. The second-order valence-electron chi connectivity index (χ2n) is 4.21. The van der Waals surface area contributed by atoms with Crippen LogP contribution in [-0.4, -0.2) is 67.4 Å². The summed E-state index contributed by atoms with van der Waals surface area (Å²) in [5.41, 5.74) is 0. The van der Waals surface area contributed by atoms with Crippen molar-refractivity contribution in [2.45, 2.75) is 25.0 Å². The molecule has 0 spiro atoms. The molecular weight excluding hydrogens is 256 g/mol. The number of likely N-dealkylation sites (tertiary alicyclic amines) is 1. The van der Waals surface area contributed by atoms with E-state index in [-0.39, 0.29) is 6.10 Å². The number of hydrogen-bond acceptors (Lipinski definition) is 5. The van der Waals surface area contributed by atoms with Crippen LogP contribution in [0.15, 0.2) is 0 Å². The van der Waals surface area contributed by atoms with E-state index in [1.54, 1.807) is 7.11 Å². The first-order valence-electron chi connectivity index (χ1n) is 5.85. The molecule has 0 aromatic rings. The van der Waals surface area contributed by atoms with Crippen molar-refractivity contribution in [1.29, 1.82) is 0 Å². The van der Waals surface area contributed by atoms with Crippen LogP contribution in [0.2, 0.25) is 0 Å². The highest BCUT2D eigenvalue weighted by Crippen LogP contribution is 2.12. The Bertz CT molecular complexity index is 359. The minimum absolute atomic E-state index is 0.0327. The lowest BCUT2D eigenvalue weighted by atomic mass is 10.2. The van der Waals surface area contributed by atoms with Crippen molar-refractivity contribution in [2.24, 2.45) is 0 Å². The summed E-state index contributed by atoms with van der Waals surface area (Å²) in [5, 5.41) is 11.2. The number of rotatable bonds is 5. The number of nitrogens with one attached hydrogen (secondary N) is 1. The second kappa shape index (κ2) is 6.93. The zero-order chi connectivity index (χ0) is 14.4. The second-order valence-corrected chi connectivity index (χ2v) is 4.21. The number of aliphatic carboxylic acids is 1. The molecule has 1 fully saturated rings. The average molecular weight is 274 g/mol. The first-order valence-corrected chi connectivity index (χ1v) is 5.85. The Kier molecular flexibility index (Phi) is 5.56. The summed E-state index contributed by atoms with van der Waals surface area (Å²) in [7, 11) is 2.72. The summed E-state index contributed by atoms with van der Waals surface area (Å²) in [6.45, 7) is 0.905. The molecule has 1 heterocycles.